The summed E-state index contributed by atoms with van der Waals surface area (Å²) in [6.45, 7) is 4.40. The van der Waals surface area contributed by atoms with Crippen LogP contribution in [-0.4, -0.2) is 43.3 Å². The molecule has 3 heterocycles. The summed E-state index contributed by atoms with van der Waals surface area (Å²) in [4.78, 5) is 37.7. The summed E-state index contributed by atoms with van der Waals surface area (Å²) in [7, 11) is 3.45. The number of anilines is 2. The van der Waals surface area contributed by atoms with E-state index in [0.29, 0.717) is 40.4 Å². The highest BCUT2D eigenvalue weighted by Crippen LogP contribution is 2.23. The molecule has 0 spiro atoms. The first-order valence-electron chi connectivity index (χ1n) is 10.9. The lowest BCUT2D eigenvalue weighted by Gasteiger charge is -2.20. The summed E-state index contributed by atoms with van der Waals surface area (Å²) in [5.74, 6) is 6.38. The van der Waals surface area contributed by atoms with Gasteiger partial charge in [0, 0.05) is 38.3 Å². The molecule has 4 aromatic rings. The third-order valence-corrected chi connectivity index (χ3v) is 5.76. The van der Waals surface area contributed by atoms with Crippen molar-refractivity contribution in [2.45, 2.75) is 33.0 Å². The van der Waals surface area contributed by atoms with E-state index in [4.69, 9.17) is 11.5 Å². The van der Waals surface area contributed by atoms with Crippen molar-refractivity contribution in [2.24, 2.45) is 12.8 Å². The molecule has 1 atom stereocenters. The summed E-state index contributed by atoms with van der Waals surface area (Å²) >= 11 is 0. The number of nitrogen functional groups attached to an aromatic ring is 1. The van der Waals surface area contributed by atoms with Gasteiger partial charge in [-0.3, -0.25) is 23.5 Å². The first-order chi connectivity index (χ1) is 16.2. The van der Waals surface area contributed by atoms with Gasteiger partial charge in [0.05, 0.1) is 24.3 Å². The van der Waals surface area contributed by atoms with Gasteiger partial charge in [0.1, 0.15) is 0 Å². The fraction of sp³-hybridized carbons (Fsp3) is 0.333. The molecule has 34 heavy (non-hydrogen) atoms. The maximum Gasteiger partial charge on any atom is 0.332 e. The molecule has 0 saturated carbocycles. The van der Waals surface area contributed by atoms with Crippen molar-refractivity contribution in [1.82, 2.24) is 23.7 Å². The Kier molecular flexibility index (Phi) is 6.13. The third kappa shape index (κ3) is 3.91. The van der Waals surface area contributed by atoms with Crippen LogP contribution in [-0.2, 0) is 20.1 Å². The largest absolute Gasteiger partial charge is 0.397 e. The molecule has 4 N–H and O–H groups in total. The van der Waals surface area contributed by atoms with Crippen molar-refractivity contribution in [1.29, 1.82) is 0 Å². The second kappa shape index (κ2) is 9.03. The van der Waals surface area contributed by atoms with Gasteiger partial charge < -0.3 is 16.4 Å². The molecular weight excluding hydrogens is 432 g/mol. The van der Waals surface area contributed by atoms with E-state index in [1.165, 1.54) is 9.13 Å². The van der Waals surface area contributed by atoms with Crippen LogP contribution in [0.3, 0.4) is 0 Å². The lowest BCUT2D eigenvalue weighted by molar-refractivity contribution is 0.654. The second-order valence-electron chi connectivity index (χ2n) is 8.40. The highest BCUT2D eigenvalue weighted by molar-refractivity contribution is 5.90. The van der Waals surface area contributed by atoms with Gasteiger partial charge >= 0.3 is 5.69 Å². The van der Waals surface area contributed by atoms with Crippen molar-refractivity contribution >= 4 is 33.7 Å². The van der Waals surface area contributed by atoms with Crippen LogP contribution in [0.25, 0.3) is 22.1 Å². The first kappa shape index (κ1) is 23.1. The number of aromatic nitrogens is 5. The minimum Gasteiger partial charge on any atom is -0.397 e. The standard InChI is InChI=1S/C24H28N8O2/c1-5-6-12-31-20-21(28-23(31)29(3)13-15(2)25)30(4)24(34)32(22(20)33)14-17-10-9-16-8-7-11-27-19(16)18(17)26/h7-11,15H,12-14,25-26H2,1-4H3. The quantitative estimate of drug-likeness (QED) is 0.323. The van der Waals surface area contributed by atoms with Crippen LogP contribution in [0.15, 0.2) is 40.1 Å². The Morgan fingerprint density at radius 1 is 1.21 bits per heavy atom. The average molecular weight is 461 g/mol. The molecule has 176 valence electrons. The molecule has 0 radical (unpaired) electrons. The lowest BCUT2D eigenvalue weighted by atomic mass is 10.1. The second-order valence-corrected chi connectivity index (χ2v) is 8.40. The molecule has 0 bridgehead atoms. The van der Waals surface area contributed by atoms with Gasteiger partial charge in [0.25, 0.3) is 5.56 Å². The van der Waals surface area contributed by atoms with E-state index in [0.717, 1.165) is 5.39 Å². The van der Waals surface area contributed by atoms with Crippen LogP contribution < -0.4 is 27.6 Å². The van der Waals surface area contributed by atoms with Gasteiger partial charge in [0.15, 0.2) is 11.2 Å². The highest BCUT2D eigenvalue weighted by atomic mass is 16.2. The SMILES string of the molecule is CC#CCn1c(N(C)CC(C)N)nc2c1c(=O)n(Cc1ccc3cccnc3c1N)c(=O)n2C. The number of aryl methyl sites for hydroxylation is 1. The Hall–Kier alpha value is -4.10. The Bertz CT molecular complexity index is 1570. The molecule has 1 unspecified atom stereocenters. The van der Waals surface area contributed by atoms with E-state index in [9.17, 15) is 9.59 Å². The molecule has 10 heteroatoms. The van der Waals surface area contributed by atoms with Crippen molar-refractivity contribution in [3.05, 3.63) is 56.9 Å². The summed E-state index contributed by atoms with van der Waals surface area (Å²) < 4.78 is 4.29. The summed E-state index contributed by atoms with van der Waals surface area (Å²) in [6, 6.07) is 7.32. The third-order valence-electron chi connectivity index (χ3n) is 5.76. The normalized spacial score (nSPS) is 12.0. The van der Waals surface area contributed by atoms with E-state index >= 15 is 0 Å². The number of fused-ring (bicyclic) bond motifs is 2. The van der Waals surface area contributed by atoms with Crippen LogP contribution in [0.5, 0.6) is 0 Å². The number of hydrogen-bond acceptors (Lipinski definition) is 7. The molecule has 0 fully saturated rings. The van der Waals surface area contributed by atoms with Gasteiger partial charge in [-0.1, -0.05) is 24.1 Å². The zero-order valence-corrected chi connectivity index (χ0v) is 19.7. The number of pyridine rings is 1. The van der Waals surface area contributed by atoms with Crippen molar-refractivity contribution < 1.29 is 0 Å². The highest BCUT2D eigenvalue weighted by Gasteiger charge is 2.23. The summed E-state index contributed by atoms with van der Waals surface area (Å²) in [6.07, 6.45) is 1.66. The van der Waals surface area contributed by atoms with Crippen LogP contribution in [0.4, 0.5) is 11.6 Å². The topological polar surface area (TPSA) is 130 Å². The summed E-state index contributed by atoms with van der Waals surface area (Å²) in [5, 5.41) is 0.887. The van der Waals surface area contributed by atoms with Gasteiger partial charge in [-0.25, -0.2) is 4.79 Å². The molecule has 3 aromatic heterocycles. The monoisotopic (exact) mass is 460 g/mol. The Morgan fingerprint density at radius 3 is 2.68 bits per heavy atom. The molecular formula is C24H28N8O2. The number of nitrogens with zero attached hydrogens (tertiary/aromatic N) is 6. The van der Waals surface area contributed by atoms with Gasteiger partial charge in [-0.2, -0.15) is 4.98 Å². The maximum atomic E-state index is 13.7. The van der Waals surface area contributed by atoms with Gasteiger partial charge in [0.2, 0.25) is 5.95 Å². The molecule has 0 aliphatic rings. The van der Waals surface area contributed by atoms with Crippen LogP contribution in [0.2, 0.25) is 0 Å². The zero-order valence-electron chi connectivity index (χ0n) is 19.7. The van der Waals surface area contributed by atoms with Gasteiger partial charge in [-0.15, -0.1) is 5.92 Å². The molecule has 0 aliphatic heterocycles. The first-order valence-corrected chi connectivity index (χ1v) is 10.9. The average Bonchev–Trinajstić information content (AvgIpc) is 3.20. The number of hydrogen-bond donors (Lipinski definition) is 2. The van der Waals surface area contributed by atoms with E-state index in [-0.39, 0.29) is 19.1 Å². The fourth-order valence-corrected chi connectivity index (χ4v) is 4.13. The number of benzene rings is 1. The number of imidazole rings is 1. The Morgan fingerprint density at radius 2 is 1.97 bits per heavy atom. The summed E-state index contributed by atoms with van der Waals surface area (Å²) in [5.41, 5.74) is 13.7. The molecule has 4 rings (SSSR count). The maximum absolute atomic E-state index is 13.7. The van der Waals surface area contributed by atoms with Crippen LogP contribution in [0.1, 0.15) is 19.4 Å². The predicted molar refractivity (Wildman–Crippen MR) is 135 cm³/mol. The van der Waals surface area contributed by atoms with E-state index in [2.05, 4.69) is 21.8 Å². The van der Waals surface area contributed by atoms with Gasteiger partial charge in [-0.05, 0) is 25.5 Å². The van der Waals surface area contributed by atoms with E-state index < -0.39 is 11.2 Å². The minimum atomic E-state index is -0.481. The Balaban J connectivity index is 1.94. The lowest BCUT2D eigenvalue weighted by Crippen LogP contribution is -2.40. The smallest absolute Gasteiger partial charge is 0.332 e. The minimum absolute atomic E-state index is 0.00936. The Labute approximate surface area is 196 Å². The van der Waals surface area contributed by atoms with Crippen molar-refractivity contribution in [3.63, 3.8) is 0 Å². The van der Waals surface area contributed by atoms with Crippen molar-refractivity contribution in [2.75, 3.05) is 24.2 Å². The molecule has 10 nitrogen and oxygen atoms in total. The number of rotatable bonds is 6. The van der Waals surface area contributed by atoms with E-state index in [1.807, 2.05) is 43.1 Å². The number of nitrogens with two attached hydrogens (primary N) is 2. The fourth-order valence-electron chi connectivity index (χ4n) is 4.13. The zero-order chi connectivity index (χ0) is 24.6. The molecule has 1 aromatic carbocycles. The molecule has 0 amide bonds. The molecule has 0 saturated heterocycles. The molecule has 0 aliphatic carbocycles. The number of likely N-dealkylation sites (N-methyl/N-ethyl adjacent to an activating group) is 1. The predicted octanol–water partition coefficient (Wildman–Crippen LogP) is 0.882. The van der Waals surface area contributed by atoms with Crippen LogP contribution >= 0.6 is 0 Å². The van der Waals surface area contributed by atoms with E-state index in [1.54, 1.807) is 24.7 Å². The van der Waals surface area contributed by atoms with Crippen molar-refractivity contribution in [3.8, 4) is 11.8 Å². The van der Waals surface area contributed by atoms with Crippen LogP contribution in [0, 0.1) is 11.8 Å².